The minimum absolute atomic E-state index is 0.518. The van der Waals surface area contributed by atoms with Gasteiger partial charge in [-0.15, -0.1) is 5.53 Å². The summed E-state index contributed by atoms with van der Waals surface area (Å²) < 4.78 is 0. The highest BCUT2D eigenvalue weighted by molar-refractivity contribution is 4.67. The highest BCUT2D eigenvalue weighted by Crippen LogP contribution is 1.59. The molecule has 0 unspecified atom stereocenters. The molecule has 4 heteroatoms. The SMILES string of the molecule is C=CCNN=[N+]=[N-]. The van der Waals surface area contributed by atoms with E-state index in [1.165, 1.54) is 0 Å². The van der Waals surface area contributed by atoms with Crippen LogP contribution in [0.2, 0.25) is 0 Å². The Morgan fingerprint density at radius 3 is 3.14 bits per heavy atom. The molecule has 0 saturated carbocycles. The van der Waals surface area contributed by atoms with Crippen molar-refractivity contribution in [3.8, 4) is 0 Å². The number of nitrogens with one attached hydrogen (secondary N) is 1. The summed E-state index contributed by atoms with van der Waals surface area (Å²) in [5.41, 5.74) is 10.0. The summed E-state index contributed by atoms with van der Waals surface area (Å²) in [4.78, 5) is 2.44. The van der Waals surface area contributed by atoms with E-state index in [9.17, 15) is 0 Å². The smallest absolute Gasteiger partial charge is 0.104 e. The first-order valence-corrected chi connectivity index (χ1v) is 1.79. The van der Waals surface area contributed by atoms with E-state index in [4.69, 9.17) is 5.53 Å². The second-order valence-corrected chi connectivity index (χ2v) is 0.840. The Morgan fingerprint density at radius 1 is 2.00 bits per heavy atom. The lowest BCUT2D eigenvalue weighted by Crippen LogP contribution is -2.00. The summed E-state index contributed by atoms with van der Waals surface area (Å²) in [5, 5.41) is 3.02. The van der Waals surface area contributed by atoms with Gasteiger partial charge < -0.3 is 0 Å². The Labute approximate surface area is 41.4 Å². The average Bonchev–Trinajstić information content (AvgIpc) is 1.69. The van der Waals surface area contributed by atoms with Crippen LogP contribution in [0.25, 0.3) is 10.4 Å². The van der Waals surface area contributed by atoms with Crippen molar-refractivity contribution in [3.05, 3.63) is 23.1 Å². The first kappa shape index (κ1) is 5.85. The van der Waals surface area contributed by atoms with Gasteiger partial charge in [0.15, 0.2) is 0 Å². The molecule has 0 aromatic carbocycles. The maximum absolute atomic E-state index is 7.65. The summed E-state index contributed by atoms with van der Waals surface area (Å²) in [6, 6.07) is 0. The van der Waals surface area contributed by atoms with E-state index in [1.54, 1.807) is 6.08 Å². The first-order valence-electron chi connectivity index (χ1n) is 1.79. The molecule has 0 spiro atoms. The van der Waals surface area contributed by atoms with E-state index in [2.05, 4.69) is 22.1 Å². The van der Waals surface area contributed by atoms with Crippen LogP contribution >= 0.6 is 0 Å². The van der Waals surface area contributed by atoms with E-state index in [-0.39, 0.29) is 0 Å². The molecule has 4 nitrogen and oxygen atoms in total. The third-order valence-corrected chi connectivity index (χ3v) is 0.351. The van der Waals surface area contributed by atoms with Gasteiger partial charge in [0.25, 0.3) is 0 Å². The van der Waals surface area contributed by atoms with Gasteiger partial charge in [0.05, 0.1) is 0 Å². The molecule has 0 amide bonds. The molecular weight excluding hydrogens is 92.1 g/mol. The summed E-state index contributed by atoms with van der Waals surface area (Å²) >= 11 is 0. The largest absolute Gasteiger partial charge is 0.257 e. The van der Waals surface area contributed by atoms with E-state index in [0.717, 1.165) is 0 Å². The van der Waals surface area contributed by atoms with Crippen LogP contribution in [0.15, 0.2) is 17.9 Å². The molecule has 0 bridgehead atoms. The van der Waals surface area contributed by atoms with Gasteiger partial charge in [0, 0.05) is 0 Å². The van der Waals surface area contributed by atoms with Crippen LogP contribution in [-0.2, 0) is 0 Å². The van der Waals surface area contributed by atoms with Gasteiger partial charge in [-0.3, -0.25) is 5.43 Å². The van der Waals surface area contributed by atoms with Crippen molar-refractivity contribution >= 4 is 0 Å². The van der Waals surface area contributed by atoms with Crippen LogP contribution in [0, 0.1) is 0 Å². The standard InChI is InChI=1S/C3H6N4/c1-2-3-5-7-6-4/h2,5H,1,3H2. The minimum Gasteiger partial charge on any atom is -0.257 e. The van der Waals surface area contributed by atoms with E-state index in [1.807, 2.05) is 0 Å². The zero-order valence-corrected chi connectivity index (χ0v) is 3.83. The summed E-state index contributed by atoms with van der Waals surface area (Å²) in [5.74, 6) is 0. The van der Waals surface area contributed by atoms with Crippen LogP contribution in [0.3, 0.4) is 0 Å². The molecular formula is C3H6N4. The molecule has 0 atom stereocenters. The Kier molecular flexibility index (Phi) is 4.05. The fourth-order valence-corrected chi connectivity index (χ4v) is 0.137. The molecule has 0 aliphatic heterocycles. The Hall–Kier alpha value is -1.15. The topological polar surface area (TPSA) is 60.8 Å². The minimum atomic E-state index is 0.518. The number of rotatable bonds is 3. The second kappa shape index (κ2) is 4.85. The first-order chi connectivity index (χ1) is 3.41. The van der Waals surface area contributed by atoms with Crippen molar-refractivity contribution in [3.63, 3.8) is 0 Å². The Balaban J connectivity index is 2.97. The third-order valence-electron chi connectivity index (χ3n) is 0.351. The molecule has 0 aromatic heterocycles. The number of hydrogen-bond acceptors (Lipinski definition) is 1. The lowest BCUT2D eigenvalue weighted by Gasteiger charge is -1.80. The van der Waals surface area contributed by atoms with Gasteiger partial charge in [0.1, 0.15) is 6.54 Å². The van der Waals surface area contributed by atoms with Crippen molar-refractivity contribution in [2.24, 2.45) is 5.22 Å². The monoisotopic (exact) mass is 98.1 g/mol. The second-order valence-electron chi connectivity index (χ2n) is 0.840. The fraction of sp³-hybridized carbons (Fsp3) is 0.333. The summed E-state index contributed by atoms with van der Waals surface area (Å²) in [7, 11) is 0. The fourth-order valence-electron chi connectivity index (χ4n) is 0.137. The molecule has 7 heavy (non-hydrogen) atoms. The molecule has 0 aromatic rings. The van der Waals surface area contributed by atoms with Gasteiger partial charge >= 0.3 is 0 Å². The predicted molar refractivity (Wildman–Crippen MR) is 27.3 cm³/mol. The molecule has 0 aliphatic rings. The highest BCUT2D eigenvalue weighted by Gasteiger charge is 1.66. The van der Waals surface area contributed by atoms with E-state index < -0.39 is 0 Å². The highest BCUT2D eigenvalue weighted by atomic mass is 15.4. The van der Waals surface area contributed by atoms with Crippen molar-refractivity contribution in [2.45, 2.75) is 0 Å². The van der Waals surface area contributed by atoms with Crippen molar-refractivity contribution in [2.75, 3.05) is 6.54 Å². The molecule has 38 valence electrons. The van der Waals surface area contributed by atoms with Gasteiger partial charge in [0.2, 0.25) is 0 Å². The molecule has 0 saturated heterocycles. The van der Waals surface area contributed by atoms with Crippen molar-refractivity contribution < 1.29 is 0 Å². The van der Waals surface area contributed by atoms with Crippen LogP contribution in [0.1, 0.15) is 0 Å². The number of azide groups is 1. The lowest BCUT2D eigenvalue weighted by molar-refractivity contribution is 0.813. The maximum Gasteiger partial charge on any atom is 0.104 e. The molecule has 0 rings (SSSR count). The normalized spacial score (nSPS) is 6.29. The molecule has 0 fully saturated rings. The Bertz CT molecular complexity index is 91.1. The van der Waals surface area contributed by atoms with Crippen molar-refractivity contribution in [1.29, 1.82) is 0 Å². The van der Waals surface area contributed by atoms with Gasteiger partial charge in [-0.2, -0.15) is 4.91 Å². The molecule has 1 N–H and O–H groups in total. The number of hydrogen-bond donors (Lipinski definition) is 1. The van der Waals surface area contributed by atoms with Crippen LogP contribution in [-0.4, -0.2) is 6.54 Å². The summed E-state index contributed by atoms with van der Waals surface area (Å²) in [6.07, 6.45) is 1.61. The third kappa shape index (κ3) is 4.85. The zero-order valence-electron chi connectivity index (χ0n) is 3.83. The van der Waals surface area contributed by atoms with Gasteiger partial charge in [-0.25, -0.2) is 0 Å². The molecule has 0 aliphatic carbocycles. The lowest BCUT2D eigenvalue weighted by atomic mass is 10.7. The maximum atomic E-state index is 7.65. The average molecular weight is 98.1 g/mol. The van der Waals surface area contributed by atoms with Gasteiger partial charge in [-0.1, -0.05) is 12.7 Å². The van der Waals surface area contributed by atoms with E-state index >= 15 is 0 Å². The quantitative estimate of drug-likeness (QED) is 0.140. The van der Waals surface area contributed by atoms with Gasteiger partial charge in [-0.05, 0) is 5.22 Å². The van der Waals surface area contributed by atoms with Crippen LogP contribution < -0.4 is 5.43 Å². The summed E-state index contributed by atoms with van der Waals surface area (Å²) in [6.45, 7) is 3.90. The van der Waals surface area contributed by atoms with Crippen LogP contribution in [0.5, 0.6) is 0 Å². The molecule has 0 heterocycles. The zero-order chi connectivity index (χ0) is 5.54. The Morgan fingerprint density at radius 2 is 2.71 bits per heavy atom. The van der Waals surface area contributed by atoms with E-state index in [0.29, 0.717) is 6.54 Å². The van der Waals surface area contributed by atoms with Crippen molar-refractivity contribution in [1.82, 2.24) is 5.43 Å². The number of nitrogens with zero attached hydrogens (tertiary/aromatic N) is 3. The predicted octanol–water partition coefficient (Wildman–Crippen LogP) is 0.987. The molecule has 0 radical (unpaired) electrons. The van der Waals surface area contributed by atoms with Crippen LogP contribution in [0.4, 0.5) is 0 Å².